The summed E-state index contributed by atoms with van der Waals surface area (Å²) in [5, 5.41) is 3.35. The van der Waals surface area contributed by atoms with E-state index in [0.717, 1.165) is 17.0 Å². The Morgan fingerprint density at radius 2 is 1.80 bits per heavy atom. The molecule has 0 spiro atoms. The number of nitrogens with one attached hydrogen (secondary N) is 1. The first-order chi connectivity index (χ1) is 22.1. The fraction of sp³-hybridized carbons (Fsp3) is 0.333. The molecule has 1 amide bonds. The highest BCUT2D eigenvalue weighted by Gasteiger charge is 2.21. The first kappa shape index (κ1) is 33.6. The molecule has 0 aliphatic heterocycles. The molecule has 1 unspecified atom stereocenters. The number of carbonyl (C=O) groups excluding carboxylic acids is 3. The van der Waals surface area contributed by atoms with Gasteiger partial charge in [-0.25, -0.2) is 15.0 Å². The number of amidine groups is 1. The van der Waals surface area contributed by atoms with Crippen molar-refractivity contribution in [2.24, 2.45) is 29.4 Å². The number of aryl methyl sites for hydroxylation is 1. The largest absolute Gasteiger partial charge is 0.469 e. The topological polar surface area (TPSA) is 180 Å². The van der Waals surface area contributed by atoms with E-state index in [1.807, 2.05) is 55.8 Å². The SMILES string of the molecule is COC(=O)CCN(C(=O)c1ccc2c(c1)nc(CNc1ccc(/C(N)=N/COC(=O)C(N)CC(C)C)cc1)n2C)c1ccccn1. The highest BCUT2D eigenvalue weighted by molar-refractivity contribution is 6.07. The molecule has 4 aromatic rings. The van der Waals surface area contributed by atoms with Gasteiger partial charge in [0.15, 0.2) is 6.73 Å². The quantitative estimate of drug-likeness (QED) is 0.106. The number of ether oxygens (including phenoxy) is 2. The molecule has 242 valence electrons. The van der Waals surface area contributed by atoms with Crippen LogP contribution in [-0.4, -0.2) is 64.6 Å². The zero-order valence-electron chi connectivity index (χ0n) is 26.5. The third-order valence-electron chi connectivity index (χ3n) is 7.26. The van der Waals surface area contributed by atoms with Gasteiger partial charge in [0.25, 0.3) is 5.91 Å². The molecule has 0 aliphatic carbocycles. The number of aromatic nitrogens is 3. The van der Waals surface area contributed by atoms with Crippen LogP contribution in [0.5, 0.6) is 0 Å². The van der Waals surface area contributed by atoms with E-state index in [2.05, 4.69) is 15.3 Å². The van der Waals surface area contributed by atoms with Gasteiger partial charge in [-0.1, -0.05) is 19.9 Å². The minimum Gasteiger partial charge on any atom is -0.469 e. The lowest BCUT2D eigenvalue weighted by Crippen LogP contribution is -2.33. The second-order valence-electron chi connectivity index (χ2n) is 11.1. The number of hydrogen-bond donors (Lipinski definition) is 3. The highest BCUT2D eigenvalue weighted by atomic mass is 16.5. The number of nitrogens with two attached hydrogens (primary N) is 2. The summed E-state index contributed by atoms with van der Waals surface area (Å²) in [5.41, 5.74) is 15.4. The third kappa shape index (κ3) is 8.66. The summed E-state index contributed by atoms with van der Waals surface area (Å²) in [6.07, 6.45) is 2.16. The standard InChI is InChI=1S/C33H40N8O5/c1-21(2)17-25(34)33(44)46-20-38-31(35)22-8-11-24(12-9-22)37-19-29-39-26-18-23(10-13-27(26)40(29)3)32(43)41(16-14-30(42)45-4)28-7-5-6-15-36-28/h5-13,15,18,21,25,37H,14,16-17,19-20,34H2,1-4H3,(H2,35,38). The fourth-order valence-electron chi connectivity index (χ4n) is 4.74. The molecule has 0 fully saturated rings. The van der Waals surface area contributed by atoms with E-state index in [0.29, 0.717) is 35.4 Å². The molecule has 0 saturated carbocycles. The van der Waals surface area contributed by atoms with Crippen LogP contribution >= 0.6 is 0 Å². The molecule has 0 radical (unpaired) electrons. The lowest BCUT2D eigenvalue weighted by atomic mass is 10.1. The number of carbonyl (C=O) groups is 3. The monoisotopic (exact) mass is 628 g/mol. The van der Waals surface area contributed by atoms with E-state index in [4.69, 9.17) is 25.9 Å². The van der Waals surface area contributed by atoms with Gasteiger partial charge in [-0.05, 0) is 66.9 Å². The number of anilines is 2. The van der Waals surface area contributed by atoms with E-state index in [1.165, 1.54) is 12.0 Å². The summed E-state index contributed by atoms with van der Waals surface area (Å²) in [6, 6.07) is 17.3. The van der Waals surface area contributed by atoms with Gasteiger partial charge in [0.05, 0.1) is 31.1 Å². The maximum absolute atomic E-state index is 13.6. The summed E-state index contributed by atoms with van der Waals surface area (Å²) < 4.78 is 11.8. The summed E-state index contributed by atoms with van der Waals surface area (Å²) in [6.45, 7) is 4.30. The number of benzene rings is 2. The summed E-state index contributed by atoms with van der Waals surface area (Å²) in [5.74, 6) is 0.496. The Hall–Kier alpha value is -5.30. The molecule has 0 aliphatic rings. The van der Waals surface area contributed by atoms with E-state index >= 15 is 0 Å². The van der Waals surface area contributed by atoms with Crippen LogP contribution in [0.4, 0.5) is 11.5 Å². The van der Waals surface area contributed by atoms with Crippen LogP contribution in [0.15, 0.2) is 71.9 Å². The highest BCUT2D eigenvalue weighted by Crippen LogP contribution is 2.21. The van der Waals surface area contributed by atoms with E-state index < -0.39 is 18.0 Å². The molecule has 0 saturated heterocycles. The Morgan fingerprint density at radius 3 is 2.48 bits per heavy atom. The van der Waals surface area contributed by atoms with E-state index in [1.54, 1.807) is 36.5 Å². The molecular formula is C33H40N8O5. The Labute approximate surface area is 267 Å². The Morgan fingerprint density at radius 1 is 1.07 bits per heavy atom. The zero-order chi connectivity index (χ0) is 33.2. The van der Waals surface area contributed by atoms with Crippen molar-refractivity contribution in [2.75, 3.05) is 30.6 Å². The van der Waals surface area contributed by atoms with E-state index in [9.17, 15) is 14.4 Å². The molecule has 13 nitrogen and oxygen atoms in total. The number of methoxy groups -OCH3 is 1. The number of amides is 1. The summed E-state index contributed by atoms with van der Waals surface area (Å²) >= 11 is 0. The maximum atomic E-state index is 13.6. The van der Waals surface area contributed by atoms with Crippen molar-refractivity contribution >= 4 is 46.2 Å². The minimum absolute atomic E-state index is 0.0317. The molecule has 2 aromatic carbocycles. The summed E-state index contributed by atoms with van der Waals surface area (Å²) in [4.78, 5) is 52.0. The van der Waals surface area contributed by atoms with Crippen molar-refractivity contribution in [3.8, 4) is 0 Å². The van der Waals surface area contributed by atoms with Gasteiger partial charge in [-0.2, -0.15) is 0 Å². The molecule has 46 heavy (non-hydrogen) atoms. The second-order valence-corrected chi connectivity index (χ2v) is 11.1. The minimum atomic E-state index is -0.686. The van der Waals surface area contributed by atoms with Gasteiger partial charge in [0, 0.05) is 36.6 Å². The van der Waals surface area contributed by atoms with Crippen molar-refractivity contribution in [1.29, 1.82) is 0 Å². The van der Waals surface area contributed by atoms with E-state index in [-0.39, 0.29) is 37.4 Å². The first-order valence-electron chi connectivity index (χ1n) is 14.9. The third-order valence-corrected chi connectivity index (χ3v) is 7.26. The normalized spacial score (nSPS) is 12.2. The molecule has 2 heterocycles. The molecule has 4 rings (SSSR count). The average Bonchev–Trinajstić information content (AvgIpc) is 3.38. The van der Waals surface area contributed by atoms with Crippen molar-refractivity contribution < 1.29 is 23.9 Å². The van der Waals surface area contributed by atoms with Crippen LogP contribution in [0.1, 0.15) is 48.4 Å². The van der Waals surface area contributed by atoms with Crippen molar-refractivity contribution in [1.82, 2.24) is 14.5 Å². The van der Waals surface area contributed by atoms with Gasteiger partial charge in [0.2, 0.25) is 0 Å². The lowest BCUT2D eigenvalue weighted by molar-refractivity contribution is -0.145. The maximum Gasteiger partial charge on any atom is 0.324 e. The number of rotatable bonds is 14. The predicted molar refractivity (Wildman–Crippen MR) is 176 cm³/mol. The van der Waals surface area contributed by atoms with Crippen LogP contribution in [0.2, 0.25) is 0 Å². The zero-order valence-corrected chi connectivity index (χ0v) is 26.5. The Bertz CT molecular complexity index is 1690. The van der Waals surface area contributed by atoms with Crippen molar-refractivity contribution in [2.45, 2.75) is 39.3 Å². The lowest BCUT2D eigenvalue weighted by Gasteiger charge is -2.21. The molecule has 13 heteroatoms. The van der Waals surface area contributed by atoms with Crippen LogP contribution < -0.4 is 21.7 Å². The number of imidazole rings is 1. The summed E-state index contributed by atoms with van der Waals surface area (Å²) in [7, 11) is 3.22. The number of pyridine rings is 1. The van der Waals surface area contributed by atoms with Crippen LogP contribution in [0.3, 0.4) is 0 Å². The van der Waals surface area contributed by atoms with Crippen molar-refractivity contribution in [3.05, 3.63) is 83.8 Å². The number of aliphatic imine (C=N–C) groups is 1. The van der Waals surface area contributed by atoms with Crippen LogP contribution in [-0.2, 0) is 32.7 Å². The van der Waals surface area contributed by atoms with Gasteiger partial charge in [0.1, 0.15) is 23.5 Å². The smallest absolute Gasteiger partial charge is 0.324 e. The number of fused-ring (bicyclic) bond motifs is 1. The van der Waals surface area contributed by atoms with Crippen LogP contribution in [0.25, 0.3) is 11.0 Å². The number of hydrogen-bond acceptors (Lipinski definition) is 10. The second kappa shape index (κ2) is 15.6. The van der Waals surface area contributed by atoms with Crippen LogP contribution in [0, 0.1) is 5.92 Å². The molecule has 5 N–H and O–H groups in total. The predicted octanol–water partition coefficient (Wildman–Crippen LogP) is 3.37. The van der Waals surface area contributed by atoms with Gasteiger partial charge in [-0.3, -0.25) is 19.3 Å². The fourth-order valence-corrected chi connectivity index (χ4v) is 4.74. The Balaban J connectivity index is 1.40. The first-order valence-corrected chi connectivity index (χ1v) is 14.9. The average molecular weight is 629 g/mol. The molecular weight excluding hydrogens is 588 g/mol. The van der Waals surface area contributed by atoms with Gasteiger partial charge < -0.3 is 30.8 Å². The molecule has 0 bridgehead atoms. The van der Waals surface area contributed by atoms with Gasteiger partial charge >= 0.3 is 11.9 Å². The Kier molecular flexibility index (Phi) is 11.4. The van der Waals surface area contributed by atoms with Gasteiger partial charge in [-0.15, -0.1) is 0 Å². The number of esters is 2. The molecule has 2 aromatic heterocycles. The molecule has 1 atom stereocenters. The number of nitrogens with zero attached hydrogens (tertiary/aromatic N) is 5. The van der Waals surface area contributed by atoms with Crippen molar-refractivity contribution in [3.63, 3.8) is 0 Å².